The van der Waals surface area contributed by atoms with Crippen LogP contribution in [0, 0.1) is 0 Å². The van der Waals surface area contributed by atoms with Gasteiger partial charge in [-0.1, -0.05) is 36.8 Å². The molecule has 1 aliphatic rings. The fourth-order valence-corrected chi connectivity index (χ4v) is 3.42. The second kappa shape index (κ2) is 9.78. The van der Waals surface area contributed by atoms with Crippen LogP contribution < -0.4 is 10.6 Å². The first-order valence-electron chi connectivity index (χ1n) is 9.48. The summed E-state index contributed by atoms with van der Waals surface area (Å²) in [7, 11) is 0. The van der Waals surface area contributed by atoms with Crippen molar-refractivity contribution in [2.75, 3.05) is 26.2 Å². The molecular formula is C20H33N3O2. The molecule has 3 N–H and O–H groups in total. The van der Waals surface area contributed by atoms with Crippen LogP contribution in [-0.4, -0.2) is 47.8 Å². The number of carbonyl (C=O) groups excluding carboxylic acids is 1. The van der Waals surface area contributed by atoms with Crippen molar-refractivity contribution in [2.24, 2.45) is 0 Å². The lowest BCUT2D eigenvalue weighted by atomic mass is 9.98. The summed E-state index contributed by atoms with van der Waals surface area (Å²) in [5.74, 6) is 0. The molecule has 0 saturated carbocycles. The summed E-state index contributed by atoms with van der Waals surface area (Å²) in [5.41, 5.74) is 1.03. The molecule has 0 bridgehead atoms. The maximum absolute atomic E-state index is 12.4. The van der Waals surface area contributed by atoms with Crippen molar-refractivity contribution in [1.82, 2.24) is 15.5 Å². The van der Waals surface area contributed by atoms with Gasteiger partial charge in [-0.3, -0.25) is 4.90 Å². The van der Waals surface area contributed by atoms with Crippen LogP contribution in [0.4, 0.5) is 4.79 Å². The average Bonchev–Trinajstić information content (AvgIpc) is 2.65. The van der Waals surface area contributed by atoms with Gasteiger partial charge < -0.3 is 15.7 Å². The number of carbonyl (C=O) groups is 1. The van der Waals surface area contributed by atoms with E-state index in [1.54, 1.807) is 0 Å². The van der Waals surface area contributed by atoms with E-state index < -0.39 is 0 Å². The zero-order valence-electron chi connectivity index (χ0n) is 15.6. The Morgan fingerprint density at radius 2 is 1.88 bits per heavy atom. The van der Waals surface area contributed by atoms with Gasteiger partial charge in [-0.25, -0.2) is 4.79 Å². The maximum Gasteiger partial charge on any atom is 0.315 e. The molecule has 1 aromatic rings. The van der Waals surface area contributed by atoms with E-state index in [4.69, 9.17) is 5.11 Å². The fourth-order valence-electron chi connectivity index (χ4n) is 3.42. The number of nitrogens with zero attached hydrogens (tertiary/aromatic N) is 1. The molecular weight excluding hydrogens is 314 g/mol. The lowest BCUT2D eigenvalue weighted by Crippen LogP contribution is -2.54. The molecule has 2 amide bonds. The van der Waals surface area contributed by atoms with Crippen LogP contribution in [0.1, 0.15) is 57.6 Å². The molecule has 1 fully saturated rings. The highest BCUT2D eigenvalue weighted by Crippen LogP contribution is 2.20. The number of piperidine rings is 1. The lowest BCUT2D eigenvalue weighted by Gasteiger charge is -2.41. The number of nitrogens with one attached hydrogen (secondary N) is 2. The van der Waals surface area contributed by atoms with E-state index in [0.717, 1.165) is 25.1 Å². The predicted molar refractivity (Wildman–Crippen MR) is 102 cm³/mol. The third-order valence-corrected chi connectivity index (χ3v) is 5.05. The molecule has 1 atom stereocenters. The van der Waals surface area contributed by atoms with E-state index in [1.165, 1.54) is 19.3 Å². The Bertz CT molecular complexity index is 513. The van der Waals surface area contributed by atoms with E-state index in [-0.39, 0.29) is 24.2 Å². The minimum absolute atomic E-state index is 0.0366. The zero-order chi connectivity index (χ0) is 18.1. The fraction of sp³-hybridized carbons (Fsp3) is 0.650. The summed E-state index contributed by atoms with van der Waals surface area (Å²) in [6.07, 6.45) is 5.19. The standard InChI is InChI=1S/C20H33N3O2/c1-20(2,23-13-7-4-8-14-23)16-21-19(25)22-18(12-9-15-24)17-10-5-3-6-11-17/h3,5-6,10-11,18,24H,4,7-9,12-16H2,1-2H3,(H2,21,22,25). The molecule has 2 rings (SSSR count). The molecule has 0 spiro atoms. The number of aliphatic hydroxyl groups is 1. The van der Waals surface area contributed by atoms with Crippen molar-refractivity contribution < 1.29 is 9.90 Å². The summed E-state index contributed by atoms with van der Waals surface area (Å²) in [6, 6.07) is 9.72. The Kier molecular flexibility index (Phi) is 7.72. The van der Waals surface area contributed by atoms with Gasteiger partial charge >= 0.3 is 6.03 Å². The third kappa shape index (κ3) is 6.33. The maximum atomic E-state index is 12.4. The number of benzene rings is 1. The molecule has 1 aromatic carbocycles. The van der Waals surface area contributed by atoms with Crippen LogP contribution in [0.3, 0.4) is 0 Å². The Morgan fingerprint density at radius 3 is 2.52 bits per heavy atom. The predicted octanol–water partition coefficient (Wildman–Crippen LogP) is 3.06. The highest BCUT2D eigenvalue weighted by atomic mass is 16.3. The van der Waals surface area contributed by atoms with Crippen molar-refractivity contribution in [2.45, 2.75) is 57.5 Å². The minimum Gasteiger partial charge on any atom is -0.396 e. The van der Waals surface area contributed by atoms with Crippen LogP contribution in [0.2, 0.25) is 0 Å². The van der Waals surface area contributed by atoms with Gasteiger partial charge in [-0.2, -0.15) is 0 Å². The number of aliphatic hydroxyl groups excluding tert-OH is 1. The smallest absolute Gasteiger partial charge is 0.315 e. The Labute approximate surface area is 151 Å². The topological polar surface area (TPSA) is 64.6 Å². The summed E-state index contributed by atoms with van der Waals surface area (Å²) in [6.45, 7) is 7.37. The number of hydrogen-bond acceptors (Lipinski definition) is 3. The second-order valence-corrected chi connectivity index (χ2v) is 7.52. The van der Waals surface area contributed by atoms with Gasteiger partial charge in [0.1, 0.15) is 0 Å². The van der Waals surface area contributed by atoms with Gasteiger partial charge in [0.25, 0.3) is 0 Å². The minimum atomic E-state index is -0.142. The van der Waals surface area contributed by atoms with Crippen LogP contribution in [0.15, 0.2) is 30.3 Å². The highest BCUT2D eigenvalue weighted by molar-refractivity contribution is 5.74. The highest BCUT2D eigenvalue weighted by Gasteiger charge is 2.28. The number of likely N-dealkylation sites (tertiary alicyclic amines) is 1. The first-order valence-corrected chi connectivity index (χ1v) is 9.48. The van der Waals surface area contributed by atoms with Crippen molar-refractivity contribution in [3.8, 4) is 0 Å². The van der Waals surface area contributed by atoms with E-state index in [9.17, 15) is 4.79 Å². The van der Waals surface area contributed by atoms with Crippen LogP contribution in [0.5, 0.6) is 0 Å². The molecule has 25 heavy (non-hydrogen) atoms. The molecule has 0 aromatic heterocycles. The first-order chi connectivity index (χ1) is 12.0. The zero-order valence-corrected chi connectivity index (χ0v) is 15.6. The van der Waals surface area contributed by atoms with Crippen LogP contribution in [0.25, 0.3) is 0 Å². The van der Waals surface area contributed by atoms with Gasteiger partial charge in [0, 0.05) is 18.7 Å². The normalized spacial score (nSPS) is 17.1. The van der Waals surface area contributed by atoms with Gasteiger partial charge in [0.2, 0.25) is 0 Å². The molecule has 0 radical (unpaired) electrons. The number of amides is 2. The molecule has 0 aliphatic carbocycles. The molecule has 140 valence electrons. The van der Waals surface area contributed by atoms with E-state index >= 15 is 0 Å². The Morgan fingerprint density at radius 1 is 1.20 bits per heavy atom. The van der Waals surface area contributed by atoms with Crippen LogP contribution in [-0.2, 0) is 0 Å². The first kappa shape index (κ1) is 19.7. The van der Waals surface area contributed by atoms with Crippen LogP contribution >= 0.6 is 0 Å². The summed E-state index contributed by atoms with van der Waals surface area (Å²) >= 11 is 0. The Hall–Kier alpha value is -1.59. The van der Waals surface area contributed by atoms with E-state index in [0.29, 0.717) is 13.0 Å². The summed E-state index contributed by atoms with van der Waals surface area (Å²) in [4.78, 5) is 14.9. The third-order valence-electron chi connectivity index (χ3n) is 5.05. The number of urea groups is 1. The largest absolute Gasteiger partial charge is 0.396 e. The molecule has 5 heteroatoms. The van der Waals surface area contributed by atoms with Crippen molar-refractivity contribution in [3.63, 3.8) is 0 Å². The Balaban J connectivity index is 1.87. The monoisotopic (exact) mass is 347 g/mol. The van der Waals surface area contributed by atoms with Crippen molar-refractivity contribution in [1.29, 1.82) is 0 Å². The number of rotatable bonds is 8. The van der Waals surface area contributed by atoms with Gasteiger partial charge in [-0.15, -0.1) is 0 Å². The molecule has 1 aliphatic heterocycles. The van der Waals surface area contributed by atoms with Gasteiger partial charge in [0.05, 0.1) is 6.04 Å². The van der Waals surface area contributed by atoms with Gasteiger partial charge in [0.15, 0.2) is 0 Å². The average molecular weight is 348 g/mol. The summed E-state index contributed by atoms with van der Waals surface area (Å²) in [5, 5.41) is 15.2. The lowest BCUT2D eigenvalue weighted by molar-refractivity contribution is 0.0958. The molecule has 5 nitrogen and oxygen atoms in total. The van der Waals surface area contributed by atoms with Crippen molar-refractivity contribution >= 4 is 6.03 Å². The van der Waals surface area contributed by atoms with Gasteiger partial charge in [-0.05, 0) is 58.2 Å². The molecule has 1 saturated heterocycles. The molecule has 1 unspecified atom stereocenters. The quantitative estimate of drug-likeness (QED) is 0.677. The SMILES string of the molecule is CC(C)(CNC(=O)NC(CCCO)c1ccccc1)N1CCCCC1. The molecule has 1 heterocycles. The van der Waals surface area contributed by atoms with Crippen molar-refractivity contribution in [3.05, 3.63) is 35.9 Å². The summed E-state index contributed by atoms with van der Waals surface area (Å²) < 4.78 is 0. The van der Waals surface area contributed by atoms with E-state index in [2.05, 4.69) is 29.4 Å². The van der Waals surface area contributed by atoms with E-state index in [1.807, 2.05) is 30.3 Å². The second-order valence-electron chi connectivity index (χ2n) is 7.52. The number of hydrogen-bond donors (Lipinski definition) is 3.